The number of thiazole rings is 1. The fourth-order valence-electron chi connectivity index (χ4n) is 2.22. The minimum atomic E-state index is -4.38. The number of rotatable bonds is 7. The fourth-order valence-corrected chi connectivity index (χ4v) is 3.02. The second kappa shape index (κ2) is 11.3. The van der Waals surface area contributed by atoms with Crippen molar-refractivity contribution in [2.75, 3.05) is 38.6 Å². The summed E-state index contributed by atoms with van der Waals surface area (Å²) in [5, 5.41) is 7.76. The number of aromatic nitrogens is 1. The third-order valence-electron chi connectivity index (χ3n) is 3.63. The Morgan fingerprint density at radius 2 is 1.85 bits per heavy atom. The first-order chi connectivity index (χ1) is 12.4. The molecule has 0 atom stereocenters. The third-order valence-corrected chi connectivity index (χ3v) is 4.54. The molecule has 2 aromatic rings. The molecule has 0 aliphatic rings. The van der Waals surface area contributed by atoms with Crippen LogP contribution in [0.15, 0.2) is 40.7 Å². The first kappa shape index (κ1) is 23.5. The first-order valence-electron chi connectivity index (χ1n) is 8.12. The molecule has 2 N–H and O–H groups in total. The van der Waals surface area contributed by atoms with Gasteiger partial charge in [-0.25, -0.2) is 4.98 Å². The molecule has 0 amide bonds. The maximum absolute atomic E-state index is 12.5. The van der Waals surface area contributed by atoms with Crippen molar-refractivity contribution in [2.24, 2.45) is 4.99 Å². The molecule has 0 bridgehead atoms. The molecule has 0 aliphatic heterocycles. The fraction of sp³-hybridized carbons (Fsp3) is 0.412. The molecule has 0 fully saturated rings. The van der Waals surface area contributed by atoms with Gasteiger partial charge in [-0.3, -0.25) is 4.99 Å². The van der Waals surface area contributed by atoms with E-state index >= 15 is 0 Å². The molecule has 0 saturated heterocycles. The number of anilines is 1. The van der Waals surface area contributed by atoms with Gasteiger partial charge in [-0.05, 0) is 12.1 Å². The minimum Gasteiger partial charge on any atom is -0.373 e. The van der Waals surface area contributed by atoms with Gasteiger partial charge in [0.15, 0.2) is 11.7 Å². The van der Waals surface area contributed by atoms with Crippen LogP contribution in [0.2, 0.25) is 0 Å². The molecular weight excluding hydrogens is 490 g/mol. The van der Waals surface area contributed by atoms with Crippen molar-refractivity contribution in [2.45, 2.75) is 12.6 Å². The van der Waals surface area contributed by atoms with Crippen LogP contribution < -0.4 is 15.5 Å². The van der Waals surface area contributed by atoms with Crippen molar-refractivity contribution in [1.82, 2.24) is 15.6 Å². The Labute approximate surface area is 178 Å². The number of para-hydroxylation sites is 1. The van der Waals surface area contributed by atoms with Gasteiger partial charge in [0, 0.05) is 51.2 Å². The second-order valence-electron chi connectivity index (χ2n) is 5.56. The highest BCUT2D eigenvalue weighted by Gasteiger charge is 2.33. The van der Waals surface area contributed by atoms with E-state index in [0.717, 1.165) is 28.9 Å². The molecule has 5 nitrogen and oxygen atoms in total. The Bertz CT molecular complexity index is 706. The number of halogens is 4. The zero-order valence-corrected chi connectivity index (χ0v) is 18.2. The number of hydrogen-bond acceptors (Lipinski definition) is 4. The lowest BCUT2D eigenvalue weighted by Gasteiger charge is -2.20. The van der Waals surface area contributed by atoms with Crippen molar-refractivity contribution in [3.63, 3.8) is 0 Å². The Kier molecular flexibility index (Phi) is 9.84. The molecule has 10 heteroatoms. The number of nitrogens with one attached hydrogen (secondary N) is 2. The maximum atomic E-state index is 12.5. The summed E-state index contributed by atoms with van der Waals surface area (Å²) < 4.78 is 37.6. The van der Waals surface area contributed by atoms with Crippen LogP contribution in [0.3, 0.4) is 0 Å². The summed E-state index contributed by atoms with van der Waals surface area (Å²) in [5.41, 5.74) is 0.297. The van der Waals surface area contributed by atoms with Crippen LogP contribution in [-0.2, 0) is 12.6 Å². The van der Waals surface area contributed by atoms with Crippen molar-refractivity contribution in [1.29, 1.82) is 0 Å². The van der Waals surface area contributed by atoms with Gasteiger partial charge in [0.2, 0.25) is 0 Å². The highest BCUT2D eigenvalue weighted by molar-refractivity contribution is 14.0. The Balaban J connectivity index is 0.00000364. The van der Waals surface area contributed by atoms with Crippen molar-refractivity contribution >= 4 is 47.0 Å². The molecule has 27 heavy (non-hydrogen) atoms. The van der Waals surface area contributed by atoms with Gasteiger partial charge in [0.1, 0.15) is 0 Å². The van der Waals surface area contributed by atoms with E-state index in [0.29, 0.717) is 30.5 Å². The van der Waals surface area contributed by atoms with Crippen molar-refractivity contribution in [3.05, 3.63) is 46.4 Å². The van der Waals surface area contributed by atoms with Crippen LogP contribution in [-0.4, -0.2) is 44.7 Å². The van der Waals surface area contributed by atoms with E-state index in [1.807, 2.05) is 37.4 Å². The monoisotopic (exact) mass is 513 g/mol. The molecule has 1 heterocycles. The van der Waals surface area contributed by atoms with Gasteiger partial charge in [-0.15, -0.1) is 35.3 Å². The minimum absolute atomic E-state index is 0. The van der Waals surface area contributed by atoms with E-state index in [2.05, 4.69) is 25.5 Å². The van der Waals surface area contributed by atoms with Crippen LogP contribution in [0.4, 0.5) is 18.9 Å². The maximum Gasteiger partial charge on any atom is 0.434 e. The first-order valence-corrected chi connectivity index (χ1v) is 9.00. The largest absolute Gasteiger partial charge is 0.434 e. The summed E-state index contributed by atoms with van der Waals surface area (Å²) in [5.74, 6) is 0.610. The van der Waals surface area contributed by atoms with Gasteiger partial charge in [0.05, 0.1) is 5.01 Å². The van der Waals surface area contributed by atoms with Gasteiger partial charge in [-0.2, -0.15) is 13.2 Å². The van der Waals surface area contributed by atoms with Crippen molar-refractivity contribution in [3.8, 4) is 0 Å². The summed E-state index contributed by atoms with van der Waals surface area (Å²) >= 11 is 1.02. The van der Waals surface area contributed by atoms with Crippen LogP contribution in [0.5, 0.6) is 0 Å². The van der Waals surface area contributed by atoms with Gasteiger partial charge in [-0.1, -0.05) is 18.2 Å². The Hall–Kier alpha value is -1.56. The average molecular weight is 513 g/mol. The summed E-state index contributed by atoms with van der Waals surface area (Å²) in [7, 11) is 3.66. The average Bonchev–Trinajstić information content (AvgIpc) is 3.10. The molecule has 0 unspecified atom stereocenters. The lowest BCUT2D eigenvalue weighted by Crippen LogP contribution is -2.41. The van der Waals surface area contributed by atoms with Crippen molar-refractivity contribution < 1.29 is 13.2 Å². The van der Waals surface area contributed by atoms with Gasteiger partial charge in [0.25, 0.3) is 0 Å². The van der Waals surface area contributed by atoms with Crippen LogP contribution in [0, 0.1) is 0 Å². The number of guanidine groups is 1. The number of alkyl halides is 3. The van der Waals surface area contributed by atoms with Crippen LogP contribution in [0.1, 0.15) is 10.7 Å². The van der Waals surface area contributed by atoms with E-state index in [1.165, 1.54) is 0 Å². The Morgan fingerprint density at radius 3 is 2.44 bits per heavy atom. The highest BCUT2D eigenvalue weighted by atomic mass is 127. The van der Waals surface area contributed by atoms with E-state index in [4.69, 9.17) is 0 Å². The zero-order valence-electron chi connectivity index (χ0n) is 15.1. The number of benzene rings is 1. The molecule has 1 aromatic heterocycles. The quantitative estimate of drug-likeness (QED) is 0.338. The van der Waals surface area contributed by atoms with E-state index in [9.17, 15) is 13.2 Å². The molecule has 0 radical (unpaired) electrons. The lowest BCUT2D eigenvalue weighted by atomic mass is 10.3. The molecular formula is C17H23F3IN5S. The topological polar surface area (TPSA) is 52.6 Å². The predicted molar refractivity (Wildman–Crippen MR) is 115 cm³/mol. The molecule has 1 aromatic carbocycles. The predicted octanol–water partition coefficient (Wildman–Crippen LogP) is 3.62. The van der Waals surface area contributed by atoms with E-state index < -0.39 is 11.9 Å². The summed E-state index contributed by atoms with van der Waals surface area (Å²) in [6, 6.07) is 10.0. The zero-order chi connectivity index (χ0) is 19.0. The number of hydrogen-bond donors (Lipinski definition) is 2. The molecule has 150 valence electrons. The van der Waals surface area contributed by atoms with Gasteiger partial charge < -0.3 is 15.5 Å². The SMILES string of the molecule is CN=C(NCCc1nc(C(F)(F)F)cs1)NCCN(C)c1ccccc1.I. The molecule has 2 rings (SSSR count). The smallest absolute Gasteiger partial charge is 0.373 e. The highest BCUT2D eigenvalue weighted by Crippen LogP contribution is 2.29. The lowest BCUT2D eigenvalue weighted by molar-refractivity contribution is -0.140. The molecule has 0 spiro atoms. The molecule has 0 saturated carbocycles. The summed E-state index contributed by atoms with van der Waals surface area (Å²) in [6.07, 6.45) is -3.98. The van der Waals surface area contributed by atoms with Crippen LogP contribution in [0.25, 0.3) is 0 Å². The number of aliphatic imine (C=N–C) groups is 1. The third kappa shape index (κ3) is 7.91. The van der Waals surface area contributed by atoms with Gasteiger partial charge >= 0.3 is 6.18 Å². The summed E-state index contributed by atoms with van der Waals surface area (Å²) in [4.78, 5) is 9.84. The number of nitrogens with zero attached hydrogens (tertiary/aromatic N) is 3. The standard InChI is InChI=1S/C17H22F3N5S.HI/c1-21-16(23-10-11-25(2)13-6-4-3-5-7-13)22-9-8-15-24-14(12-26-15)17(18,19)20;/h3-7,12H,8-11H2,1-2H3,(H2,21,22,23);1H. The van der Waals surface area contributed by atoms with E-state index in [-0.39, 0.29) is 24.0 Å². The summed E-state index contributed by atoms with van der Waals surface area (Å²) in [6.45, 7) is 1.92. The molecule has 0 aliphatic carbocycles. The number of likely N-dealkylation sites (N-methyl/N-ethyl adjacent to an activating group) is 1. The Morgan fingerprint density at radius 1 is 1.19 bits per heavy atom. The van der Waals surface area contributed by atoms with E-state index in [1.54, 1.807) is 7.05 Å². The second-order valence-corrected chi connectivity index (χ2v) is 6.50. The normalized spacial score (nSPS) is 11.7. The van der Waals surface area contributed by atoms with Crippen LogP contribution >= 0.6 is 35.3 Å².